The second-order valence-corrected chi connectivity index (χ2v) is 6.40. The van der Waals surface area contributed by atoms with Crippen LogP contribution in [0, 0.1) is 0 Å². The molecule has 1 aromatic carbocycles. The molecule has 2 aliphatic heterocycles. The number of likely N-dealkylation sites (tertiary alicyclic amines) is 1. The van der Waals surface area contributed by atoms with Crippen molar-refractivity contribution in [1.29, 1.82) is 0 Å². The lowest BCUT2D eigenvalue weighted by molar-refractivity contribution is 0.0732. The summed E-state index contributed by atoms with van der Waals surface area (Å²) in [6, 6.07) is 9.72. The summed E-state index contributed by atoms with van der Waals surface area (Å²) in [5, 5.41) is 3.84. The molecule has 0 aromatic heterocycles. The molecule has 1 aromatic rings. The molecule has 1 saturated heterocycles. The molecule has 0 saturated carbocycles. The number of fused-ring (bicyclic) bond motifs is 1. The minimum absolute atomic E-state index is 0.377. The zero-order valence-corrected chi connectivity index (χ0v) is 13.2. The van der Waals surface area contributed by atoms with Crippen molar-refractivity contribution in [2.24, 2.45) is 0 Å². The average Bonchev–Trinajstić information content (AvgIpc) is 2.55. The van der Waals surface area contributed by atoms with E-state index in [-0.39, 0.29) is 0 Å². The van der Waals surface area contributed by atoms with E-state index < -0.39 is 0 Å². The molecule has 1 unspecified atom stereocenters. The normalized spacial score (nSPS) is 24.0. The van der Waals surface area contributed by atoms with Crippen molar-refractivity contribution in [3.05, 3.63) is 35.4 Å². The second kappa shape index (κ2) is 7.39. The lowest BCUT2D eigenvalue weighted by Crippen LogP contribution is -2.45. The Hall–Kier alpha value is -0.900. The Bertz CT molecular complexity index is 441. The van der Waals surface area contributed by atoms with E-state index in [0.717, 1.165) is 13.2 Å². The third-order valence-corrected chi connectivity index (χ3v) is 4.82. The summed E-state index contributed by atoms with van der Waals surface area (Å²) in [4.78, 5) is 2.62. The molecule has 1 N–H and O–H groups in total. The van der Waals surface area contributed by atoms with Crippen LogP contribution < -0.4 is 5.32 Å². The van der Waals surface area contributed by atoms with E-state index in [1.165, 1.54) is 56.4 Å². The minimum Gasteiger partial charge on any atom is -0.375 e. The van der Waals surface area contributed by atoms with E-state index in [0.29, 0.717) is 12.1 Å². The number of hydrogen-bond donors (Lipinski definition) is 1. The SMILES string of the molecule is CCCCN1CCC(NC2COCc3ccccc32)CC1. The van der Waals surface area contributed by atoms with E-state index in [1.807, 2.05) is 0 Å². The number of ether oxygens (including phenoxy) is 1. The lowest BCUT2D eigenvalue weighted by Gasteiger charge is -2.36. The zero-order chi connectivity index (χ0) is 14.5. The number of piperidine rings is 1. The Kier molecular flexibility index (Phi) is 5.28. The summed E-state index contributed by atoms with van der Waals surface area (Å²) in [6.07, 6.45) is 5.17. The van der Waals surface area contributed by atoms with E-state index in [9.17, 15) is 0 Å². The van der Waals surface area contributed by atoms with Crippen molar-refractivity contribution in [3.8, 4) is 0 Å². The van der Waals surface area contributed by atoms with Crippen LogP contribution in [0.3, 0.4) is 0 Å². The average molecular weight is 288 g/mol. The van der Waals surface area contributed by atoms with Gasteiger partial charge in [0.2, 0.25) is 0 Å². The number of rotatable bonds is 5. The molecular weight excluding hydrogens is 260 g/mol. The third-order valence-electron chi connectivity index (χ3n) is 4.82. The third kappa shape index (κ3) is 3.85. The molecule has 21 heavy (non-hydrogen) atoms. The fourth-order valence-corrected chi connectivity index (χ4v) is 3.51. The fourth-order valence-electron chi connectivity index (χ4n) is 3.51. The molecule has 0 amide bonds. The van der Waals surface area contributed by atoms with Gasteiger partial charge in [0.15, 0.2) is 0 Å². The van der Waals surface area contributed by atoms with Crippen LogP contribution in [-0.2, 0) is 11.3 Å². The summed E-state index contributed by atoms with van der Waals surface area (Å²) in [7, 11) is 0. The van der Waals surface area contributed by atoms with Gasteiger partial charge in [-0.1, -0.05) is 37.6 Å². The summed E-state index contributed by atoms with van der Waals surface area (Å²) in [6.45, 7) is 7.62. The van der Waals surface area contributed by atoms with E-state index in [1.54, 1.807) is 0 Å². The molecule has 0 radical (unpaired) electrons. The van der Waals surface area contributed by atoms with Crippen LogP contribution in [0.25, 0.3) is 0 Å². The quantitative estimate of drug-likeness (QED) is 0.901. The van der Waals surface area contributed by atoms with E-state index in [2.05, 4.69) is 41.4 Å². The smallest absolute Gasteiger partial charge is 0.0721 e. The zero-order valence-electron chi connectivity index (χ0n) is 13.2. The Balaban J connectivity index is 1.52. The molecule has 1 atom stereocenters. The number of unbranched alkanes of at least 4 members (excludes halogenated alkanes) is 1. The highest BCUT2D eigenvalue weighted by atomic mass is 16.5. The number of benzene rings is 1. The van der Waals surface area contributed by atoms with Gasteiger partial charge in [0, 0.05) is 6.04 Å². The first-order valence-corrected chi connectivity index (χ1v) is 8.50. The van der Waals surface area contributed by atoms with Crippen LogP contribution in [0.15, 0.2) is 24.3 Å². The summed E-state index contributed by atoms with van der Waals surface area (Å²) < 4.78 is 5.75. The first-order valence-electron chi connectivity index (χ1n) is 8.50. The van der Waals surface area contributed by atoms with Gasteiger partial charge in [-0.3, -0.25) is 0 Å². The first-order chi connectivity index (χ1) is 10.4. The van der Waals surface area contributed by atoms with Gasteiger partial charge in [0.1, 0.15) is 0 Å². The van der Waals surface area contributed by atoms with Gasteiger partial charge in [-0.05, 0) is 50.0 Å². The highest BCUT2D eigenvalue weighted by Gasteiger charge is 2.25. The van der Waals surface area contributed by atoms with Crippen molar-refractivity contribution in [2.45, 2.75) is 51.3 Å². The number of hydrogen-bond acceptors (Lipinski definition) is 3. The number of nitrogens with zero attached hydrogens (tertiary/aromatic N) is 1. The van der Waals surface area contributed by atoms with Gasteiger partial charge in [-0.2, -0.15) is 0 Å². The Morgan fingerprint density at radius 1 is 1.24 bits per heavy atom. The predicted molar refractivity (Wildman–Crippen MR) is 86.3 cm³/mol. The molecule has 0 spiro atoms. The molecule has 0 aliphatic carbocycles. The molecule has 3 nitrogen and oxygen atoms in total. The maximum Gasteiger partial charge on any atom is 0.0721 e. The highest BCUT2D eigenvalue weighted by molar-refractivity contribution is 5.31. The molecule has 3 heteroatoms. The molecular formula is C18H28N2O. The van der Waals surface area contributed by atoms with E-state index >= 15 is 0 Å². The van der Waals surface area contributed by atoms with Crippen LogP contribution >= 0.6 is 0 Å². The van der Waals surface area contributed by atoms with Crippen molar-refractivity contribution in [3.63, 3.8) is 0 Å². The Morgan fingerprint density at radius 3 is 2.86 bits per heavy atom. The molecule has 2 heterocycles. The predicted octanol–water partition coefficient (Wildman–Crippen LogP) is 3.11. The van der Waals surface area contributed by atoms with Crippen molar-refractivity contribution >= 4 is 0 Å². The van der Waals surface area contributed by atoms with Crippen molar-refractivity contribution in [1.82, 2.24) is 10.2 Å². The molecule has 0 bridgehead atoms. The fraction of sp³-hybridized carbons (Fsp3) is 0.667. The first kappa shape index (κ1) is 15.0. The van der Waals surface area contributed by atoms with Crippen molar-refractivity contribution < 1.29 is 4.74 Å². The lowest BCUT2D eigenvalue weighted by atomic mass is 9.96. The van der Waals surface area contributed by atoms with Crippen molar-refractivity contribution in [2.75, 3.05) is 26.2 Å². The molecule has 116 valence electrons. The summed E-state index contributed by atoms with van der Waals surface area (Å²) in [5.41, 5.74) is 2.79. The maximum atomic E-state index is 5.75. The van der Waals surface area contributed by atoms with Crippen LogP contribution in [0.5, 0.6) is 0 Å². The molecule has 2 aliphatic rings. The monoisotopic (exact) mass is 288 g/mol. The Labute approximate surface area is 128 Å². The molecule has 3 rings (SSSR count). The van der Waals surface area contributed by atoms with Crippen LogP contribution in [0.2, 0.25) is 0 Å². The largest absolute Gasteiger partial charge is 0.375 e. The van der Waals surface area contributed by atoms with Crippen LogP contribution in [0.1, 0.15) is 49.8 Å². The second-order valence-electron chi connectivity index (χ2n) is 6.40. The summed E-state index contributed by atoms with van der Waals surface area (Å²) in [5.74, 6) is 0. The van der Waals surface area contributed by atoms with Gasteiger partial charge in [0.05, 0.1) is 19.3 Å². The van der Waals surface area contributed by atoms with Crippen LogP contribution in [0.4, 0.5) is 0 Å². The van der Waals surface area contributed by atoms with Gasteiger partial charge in [0.25, 0.3) is 0 Å². The minimum atomic E-state index is 0.377. The topological polar surface area (TPSA) is 24.5 Å². The Morgan fingerprint density at radius 2 is 2.05 bits per heavy atom. The highest BCUT2D eigenvalue weighted by Crippen LogP contribution is 2.26. The number of nitrogens with one attached hydrogen (secondary N) is 1. The van der Waals surface area contributed by atoms with Gasteiger partial charge >= 0.3 is 0 Å². The standard InChI is InChI=1S/C18H28N2O/c1-2-3-10-20-11-8-16(9-12-20)19-18-14-21-13-15-6-4-5-7-17(15)18/h4-7,16,18-19H,2-3,8-14H2,1H3. The maximum absolute atomic E-state index is 5.75. The van der Waals surface area contributed by atoms with Crippen LogP contribution in [-0.4, -0.2) is 37.2 Å². The van der Waals surface area contributed by atoms with E-state index in [4.69, 9.17) is 4.74 Å². The van der Waals surface area contributed by atoms with Gasteiger partial charge < -0.3 is 15.0 Å². The molecule has 1 fully saturated rings. The summed E-state index contributed by atoms with van der Waals surface area (Å²) >= 11 is 0. The van der Waals surface area contributed by atoms with Gasteiger partial charge in [-0.15, -0.1) is 0 Å². The van der Waals surface area contributed by atoms with Gasteiger partial charge in [-0.25, -0.2) is 0 Å².